The lowest BCUT2D eigenvalue weighted by atomic mass is 10.1. The van der Waals surface area contributed by atoms with Crippen molar-refractivity contribution in [2.75, 3.05) is 11.2 Å². The van der Waals surface area contributed by atoms with Crippen molar-refractivity contribution in [2.24, 2.45) is 0 Å². The molecule has 0 bridgehead atoms. The van der Waals surface area contributed by atoms with Gasteiger partial charge < -0.3 is 10.7 Å². The van der Waals surface area contributed by atoms with Gasteiger partial charge >= 0.3 is 0 Å². The quantitative estimate of drug-likeness (QED) is 0.794. The van der Waals surface area contributed by atoms with Gasteiger partial charge in [0, 0.05) is 5.54 Å². The fourth-order valence-electron chi connectivity index (χ4n) is 1.97. The summed E-state index contributed by atoms with van der Waals surface area (Å²) in [7, 11) is 0. The Kier molecular flexibility index (Phi) is 5.65. The van der Waals surface area contributed by atoms with Gasteiger partial charge in [-0.15, -0.1) is 10.2 Å². The second-order valence-electron chi connectivity index (χ2n) is 6.27. The summed E-state index contributed by atoms with van der Waals surface area (Å²) in [6, 6.07) is 10.1. The number of thioether (sulfide) groups is 1. The molecule has 124 valence electrons. The van der Waals surface area contributed by atoms with E-state index >= 15 is 0 Å². The molecular formula is C16H23N5OS. The molecule has 7 heteroatoms. The first-order valence-electron chi connectivity index (χ1n) is 7.49. The lowest BCUT2D eigenvalue weighted by Crippen LogP contribution is -2.41. The van der Waals surface area contributed by atoms with E-state index in [0.717, 1.165) is 5.82 Å². The van der Waals surface area contributed by atoms with Gasteiger partial charge in [-0.25, -0.2) is 4.68 Å². The van der Waals surface area contributed by atoms with Crippen molar-refractivity contribution in [3.63, 3.8) is 0 Å². The van der Waals surface area contributed by atoms with Crippen LogP contribution in [0.1, 0.15) is 32.2 Å². The van der Waals surface area contributed by atoms with E-state index in [1.54, 1.807) is 0 Å². The normalized spacial score (nSPS) is 11.3. The predicted octanol–water partition coefficient (Wildman–Crippen LogP) is 2.34. The number of hydrogen-bond donors (Lipinski definition) is 2. The maximum atomic E-state index is 11.9. The fourth-order valence-corrected chi connectivity index (χ4v) is 2.73. The Morgan fingerprint density at radius 2 is 1.91 bits per heavy atom. The minimum atomic E-state index is -0.229. The van der Waals surface area contributed by atoms with Crippen molar-refractivity contribution in [1.29, 1.82) is 0 Å². The van der Waals surface area contributed by atoms with Crippen LogP contribution in [0.15, 0.2) is 35.5 Å². The molecule has 0 aliphatic carbocycles. The lowest BCUT2D eigenvalue weighted by Gasteiger charge is -2.20. The summed E-state index contributed by atoms with van der Waals surface area (Å²) in [6.07, 6.45) is 0. The summed E-state index contributed by atoms with van der Waals surface area (Å²) in [5.74, 6) is 1.06. The van der Waals surface area contributed by atoms with Crippen LogP contribution in [-0.2, 0) is 11.3 Å². The first-order valence-corrected chi connectivity index (χ1v) is 8.47. The van der Waals surface area contributed by atoms with Crippen molar-refractivity contribution < 1.29 is 4.79 Å². The highest BCUT2D eigenvalue weighted by Gasteiger charge is 2.16. The van der Waals surface area contributed by atoms with Gasteiger partial charge in [0.15, 0.2) is 0 Å². The number of amides is 1. The van der Waals surface area contributed by atoms with E-state index in [1.807, 2.05) is 50.6 Å². The third kappa shape index (κ3) is 5.59. The smallest absolute Gasteiger partial charge is 0.230 e. The number of benzene rings is 1. The summed E-state index contributed by atoms with van der Waals surface area (Å²) >= 11 is 1.37. The number of aryl methyl sites for hydroxylation is 1. The Hall–Kier alpha value is -2.02. The van der Waals surface area contributed by atoms with E-state index in [-0.39, 0.29) is 11.4 Å². The van der Waals surface area contributed by atoms with Gasteiger partial charge in [-0.05, 0) is 33.3 Å². The highest BCUT2D eigenvalue weighted by Crippen LogP contribution is 2.16. The van der Waals surface area contributed by atoms with E-state index in [2.05, 4.69) is 33.1 Å². The number of aromatic nitrogens is 3. The molecule has 1 aromatic carbocycles. The van der Waals surface area contributed by atoms with Gasteiger partial charge in [0.25, 0.3) is 0 Å². The predicted molar refractivity (Wildman–Crippen MR) is 92.9 cm³/mol. The molecule has 0 unspecified atom stereocenters. The van der Waals surface area contributed by atoms with Gasteiger partial charge in [0.05, 0.1) is 12.3 Å². The van der Waals surface area contributed by atoms with Crippen LogP contribution < -0.4 is 10.7 Å². The van der Waals surface area contributed by atoms with Crippen LogP contribution in [0.5, 0.6) is 0 Å². The van der Waals surface area contributed by atoms with Crippen LogP contribution in [0.2, 0.25) is 0 Å². The van der Waals surface area contributed by atoms with Crippen molar-refractivity contribution >= 4 is 17.7 Å². The molecule has 1 amide bonds. The first-order chi connectivity index (χ1) is 10.8. The molecule has 0 spiro atoms. The first kappa shape index (κ1) is 17.3. The van der Waals surface area contributed by atoms with E-state index in [0.29, 0.717) is 17.5 Å². The topological polar surface area (TPSA) is 71.8 Å². The number of carbonyl (C=O) groups excluding carboxylic acids is 1. The van der Waals surface area contributed by atoms with Crippen molar-refractivity contribution in [3.8, 4) is 0 Å². The van der Waals surface area contributed by atoms with Crippen molar-refractivity contribution in [3.05, 3.63) is 41.7 Å². The molecule has 0 aliphatic rings. The van der Waals surface area contributed by atoms with Crippen LogP contribution in [0.25, 0.3) is 0 Å². The number of nitrogens with one attached hydrogen (secondary N) is 2. The maximum Gasteiger partial charge on any atom is 0.230 e. The fraction of sp³-hybridized carbons (Fsp3) is 0.438. The zero-order valence-electron chi connectivity index (χ0n) is 14.0. The third-order valence-electron chi connectivity index (χ3n) is 2.93. The Morgan fingerprint density at radius 1 is 1.22 bits per heavy atom. The highest BCUT2D eigenvalue weighted by molar-refractivity contribution is 7.99. The molecule has 23 heavy (non-hydrogen) atoms. The Labute approximate surface area is 141 Å². The number of rotatable bonds is 6. The van der Waals surface area contributed by atoms with Gasteiger partial charge in [-0.1, -0.05) is 42.1 Å². The number of hydrogen-bond acceptors (Lipinski definition) is 5. The Bertz CT molecular complexity index is 648. The molecule has 0 fully saturated rings. The maximum absolute atomic E-state index is 11.9. The van der Waals surface area contributed by atoms with Gasteiger partial charge in [0.2, 0.25) is 11.1 Å². The second kappa shape index (κ2) is 7.50. The van der Waals surface area contributed by atoms with Crippen LogP contribution in [0, 0.1) is 6.92 Å². The van der Waals surface area contributed by atoms with Gasteiger partial charge in [-0.2, -0.15) is 0 Å². The molecule has 0 atom stereocenters. The Balaban J connectivity index is 1.94. The van der Waals surface area contributed by atoms with Gasteiger partial charge in [-0.3, -0.25) is 4.79 Å². The molecular weight excluding hydrogens is 310 g/mol. The molecule has 6 nitrogen and oxygen atoms in total. The SMILES string of the molecule is Cc1nnc(SCC(=O)NC(C)(C)C)n1NCc1ccccc1. The summed E-state index contributed by atoms with van der Waals surface area (Å²) < 4.78 is 1.82. The standard InChI is InChI=1S/C16H23N5OS/c1-12-19-20-15(23-11-14(22)18-16(2,3)4)21(12)17-10-13-8-6-5-7-9-13/h5-9,17H,10-11H2,1-4H3,(H,18,22). The van der Waals surface area contributed by atoms with E-state index in [4.69, 9.17) is 0 Å². The zero-order valence-corrected chi connectivity index (χ0v) is 14.8. The molecule has 0 radical (unpaired) electrons. The van der Waals surface area contributed by atoms with E-state index < -0.39 is 0 Å². The van der Waals surface area contributed by atoms with Crippen LogP contribution in [0.3, 0.4) is 0 Å². The average molecular weight is 333 g/mol. The molecule has 1 heterocycles. The minimum absolute atomic E-state index is 0.0160. The largest absolute Gasteiger partial charge is 0.351 e. The lowest BCUT2D eigenvalue weighted by molar-refractivity contribution is -0.119. The average Bonchev–Trinajstić information content (AvgIpc) is 2.83. The molecule has 1 aromatic heterocycles. The van der Waals surface area contributed by atoms with Crippen molar-refractivity contribution in [2.45, 2.75) is 44.9 Å². The summed E-state index contributed by atoms with van der Waals surface area (Å²) in [4.78, 5) is 11.9. The molecule has 0 saturated carbocycles. The number of nitrogens with zero attached hydrogens (tertiary/aromatic N) is 3. The summed E-state index contributed by atoms with van der Waals surface area (Å²) in [5.41, 5.74) is 4.23. The van der Waals surface area contributed by atoms with Crippen molar-refractivity contribution in [1.82, 2.24) is 20.2 Å². The Morgan fingerprint density at radius 3 is 2.57 bits per heavy atom. The molecule has 0 saturated heterocycles. The molecule has 2 rings (SSSR count). The number of carbonyl (C=O) groups is 1. The summed E-state index contributed by atoms with van der Waals surface area (Å²) in [6.45, 7) is 8.43. The van der Waals surface area contributed by atoms with Gasteiger partial charge in [0.1, 0.15) is 5.82 Å². The molecule has 2 aromatic rings. The highest BCUT2D eigenvalue weighted by atomic mass is 32.2. The minimum Gasteiger partial charge on any atom is -0.351 e. The summed E-state index contributed by atoms with van der Waals surface area (Å²) in [5, 5.41) is 11.8. The monoisotopic (exact) mass is 333 g/mol. The molecule has 2 N–H and O–H groups in total. The van der Waals surface area contributed by atoms with E-state index in [9.17, 15) is 4.79 Å². The van der Waals surface area contributed by atoms with Crippen LogP contribution in [0.4, 0.5) is 0 Å². The molecule has 0 aliphatic heterocycles. The van der Waals surface area contributed by atoms with Crippen LogP contribution >= 0.6 is 11.8 Å². The second-order valence-corrected chi connectivity index (χ2v) is 7.22. The van der Waals surface area contributed by atoms with Crippen LogP contribution in [-0.4, -0.2) is 32.1 Å². The zero-order chi connectivity index (χ0) is 16.9. The van der Waals surface area contributed by atoms with E-state index in [1.165, 1.54) is 17.3 Å². The third-order valence-corrected chi connectivity index (χ3v) is 3.86.